The normalized spacial score (nSPS) is 10.5. The minimum absolute atomic E-state index is 0.106. The number of thiophene rings is 1. The fourth-order valence-corrected chi connectivity index (χ4v) is 5.12. The second kappa shape index (κ2) is 11.9. The smallest absolute Gasteiger partial charge is 0.270 e. The molecule has 40 heavy (non-hydrogen) atoms. The maximum absolute atomic E-state index is 12.8. The van der Waals surface area contributed by atoms with E-state index >= 15 is 0 Å². The van der Waals surface area contributed by atoms with Gasteiger partial charge in [-0.05, 0) is 42.5 Å². The van der Waals surface area contributed by atoms with Crippen LogP contribution in [0.1, 0.15) is 30.4 Å². The number of benzene rings is 3. The van der Waals surface area contributed by atoms with Crippen molar-refractivity contribution in [3.63, 3.8) is 0 Å². The summed E-state index contributed by atoms with van der Waals surface area (Å²) in [7, 11) is 4.27. The lowest BCUT2D eigenvalue weighted by Gasteiger charge is -2.14. The van der Waals surface area contributed by atoms with Gasteiger partial charge in [0.15, 0.2) is 11.5 Å². The molecule has 3 N–H and O–H groups in total. The van der Waals surface area contributed by atoms with Crippen molar-refractivity contribution >= 4 is 62.1 Å². The van der Waals surface area contributed by atoms with Crippen molar-refractivity contribution < 1.29 is 33.5 Å². The van der Waals surface area contributed by atoms with E-state index in [-0.39, 0.29) is 38.2 Å². The van der Waals surface area contributed by atoms with Gasteiger partial charge in [-0.3, -0.25) is 35.3 Å². The molecular formula is C26H21ClN4O8S. The number of hydrogen-bond acceptors (Lipinski definition) is 9. The Balaban J connectivity index is 1.40. The highest BCUT2D eigenvalue weighted by Crippen LogP contribution is 2.39. The molecule has 0 atom stereocenters. The van der Waals surface area contributed by atoms with E-state index in [1.165, 1.54) is 75.9 Å². The number of hydrogen-bond donors (Lipinski definition) is 3. The van der Waals surface area contributed by atoms with Crippen LogP contribution < -0.4 is 30.4 Å². The van der Waals surface area contributed by atoms with Crippen LogP contribution in [0, 0.1) is 10.1 Å². The minimum atomic E-state index is -0.623. The van der Waals surface area contributed by atoms with Crippen molar-refractivity contribution in [1.29, 1.82) is 0 Å². The first-order valence-electron chi connectivity index (χ1n) is 11.3. The third-order valence-corrected chi connectivity index (χ3v) is 7.31. The lowest BCUT2D eigenvalue weighted by atomic mass is 10.1. The molecule has 0 spiro atoms. The van der Waals surface area contributed by atoms with Crippen LogP contribution in [0.4, 0.5) is 11.4 Å². The van der Waals surface area contributed by atoms with Crippen LogP contribution in [0.15, 0.2) is 54.6 Å². The highest BCUT2D eigenvalue weighted by molar-refractivity contribution is 7.21. The molecule has 4 rings (SSSR count). The van der Waals surface area contributed by atoms with Gasteiger partial charge in [-0.25, -0.2) is 0 Å². The van der Waals surface area contributed by atoms with Gasteiger partial charge in [0.25, 0.3) is 23.4 Å². The van der Waals surface area contributed by atoms with Gasteiger partial charge in [0.1, 0.15) is 4.88 Å². The zero-order valence-electron chi connectivity index (χ0n) is 21.2. The van der Waals surface area contributed by atoms with E-state index in [1.807, 2.05) is 0 Å². The topological polar surface area (TPSA) is 158 Å². The second-order valence-electron chi connectivity index (χ2n) is 8.04. The van der Waals surface area contributed by atoms with E-state index in [2.05, 4.69) is 16.2 Å². The Kier molecular flexibility index (Phi) is 8.36. The molecule has 0 saturated heterocycles. The van der Waals surface area contributed by atoms with Gasteiger partial charge in [0, 0.05) is 39.0 Å². The first-order chi connectivity index (χ1) is 19.2. The Hall–Kier alpha value is -4.88. The summed E-state index contributed by atoms with van der Waals surface area (Å²) in [5.41, 5.74) is 5.27. The van der Waals surface area contributed by atoms with Gasteiger partial charge >= 0.3 is 0 Å². The van der Waals surface area contributed by atoms with Gasteiger partial charge in [-0.2, -0.15) is 0 Å². The van der Waals surface area contributed by atoms with E-state index in [0.29, 0.717) is 21.5 Å². The number of fused-ring (bicyclic) bond motifs is 1. The molecule has 0 saturated carbocycles. The molecule has 1 aromatic heterocycles. The summed E-state index contributed by atoms with van der Waals surface area (Å²) in [5, 5.41) is 14.4. The lowest BCUT2D eigenvalue weighted by molar-refractivity contribution is -0.384. The van der Waals surface area contributed by atoms with Gasteiger partial charge in [-0.15, -0.1) is 11.3 Å². The summed E-state index contributed by atoms with van der Waals surface area (Å²) in [6.45, 7) is 0. The van der Waals surface area contributed by atoms with Crippen LogP contribution in [-0.4, -0.2) is 44.0 Å². The number of ether oxygens (including phenoxy) is 3. The molecule has 0 fully saturated rings. The van der Waals surface area contributed by atoms with E-state index < -0.39 is 22.6 Å². The molecule has 1 heterocycles. The number of carbonyl (C=O) groups excluding carboxylic acids is 3. The molecule has 0 aliphatic heterocycles. The predicted molar refractivity (Wildman–Crippen MR) is 149 cm³/mol. The monoisotopic (exact) mass is 584 g/mol. The summed E-state index contributed by atoms with van der Waals surface area (Å²) in [6, 6.07) is 12.9. The molecular weight excluding hydrogens is 564 g/mol. The Morgan fingerprint density at radius 3 is 1.98 bits per heavy atom. The molecule has 0 bridgehead atoms. The van der Waals surface area contributed by atoms with Crippen molar-refractivity contribution in [3.05, 3.63) is 85.7 Å². The van der Waals surface area contributed by atoms with Crippen molar-refractivity contribution in [2.24, 2.45) is 0 Å². The Bertz CT molecular complexity index is 1610. The zero-order valence-corrected chi connectivity index (χ0v) is 22.8. The van der Waals surface area contributed by atoms with Gasteiger partial charge in [0.05, 0.1) is 31.3 Å². The highest BCUT2D eigenvalue weighted by atomic mass is 35.5. The molecule has 14 heteroatoms. The summed E-state index contributed by atoms with van der Waals surface area (Å²) in [6.07, 6.45) is 0. The van der Waals surface area contributed by atoms with Crippen LogP contribution in [0.25, 0.3) is 10.1 Å². The number of carbonyl (C=O) groups is 3. The lowest BCUT2D eigenvalue weighted by Crippen LogP contribution is -2.41. The molecule has 206 valence electrons. The van der Waals surface area contributed by atoms with E-state index in [1.54, 1.807) is 0 Å². The quantitative estimate of drug-likeness (QED) is 0.196. The molecule has 3 amide bonds. The van der Waals surface area contributed by atoms with Crippen LogP contribution >= 0.6 is 22.9 Å². The first kappa shape index (κ1) is 28.1. The Labute approximate surface area is 235 Å². The summed E-state index contributed by atoms with van der Waals surface area (Å²) in [4.78, 5) is 48.7. The van der Waals surface area contributed by atoms with Crippen molar-refractivity contribution in [3.8, 4) is 17.2 Å². The largest absolute Gasteiger partial charge is 0.493 e. The van der Waals surface area contributed by atoms with E-state index in [0.717, 1.165) is 11.3 Å². The van der Waals surface area contributed by atoms with E-state index in [9.17, 15) is 24.5 Å². The number of nitrogens with zero attached hydrogens (tertiary/aromatic N) is 1. The molecule has 4 aromatic rings. The van der Waals surface area contributed by atoms with Crippen molar-refractivity contribution in [2.45, 2.75) is 0 Å². The maximum atomic E-state index is 12.8. The number of halogens is 1. The average molecular weight is 585 g/mol. The molecule has 0 radical (unpaired) electrons. The number of amides is 3. The Morgan fingerprint density at radius 2 is 1.43 bits per heavy atom. The number of nitro groups is 1. The summed E-state index contributed by atoms with van der Waals surface area (Å²) < 4.78 is 16.2. The van der Waals surface area contributed by atoms with Crippen LogP contribution in [0.5, 0.6) is 17.2 Å². The number of hydrazine groups is 1. The molecule has 0 aliphatic rings. The fraction of sp³-hybridized carbons (Fsp3) is 0.115. The molecule has 12 nitrogen and oxygen atoms in total. The molecule has 0 aliphatic carbocycles. The van der Waals surface area contributed by atoms with Crippen LogP contribution in [-0.2, 0) is 0 Å². The number of non-ortho nitro benzene ring substituents is 1. The third-order valence-electron chi connectivity index (χ3n) is 5.65. The van der Waals surface area contributed by atoms with Gasteiger partial charge in [0.2, 0.25) is 5.75 Å². The number of methoxy groups -OCH3 is 3. The standard InChI is InChI=1S/C26H21ClN4O8S/c1-37-18-10-14(11-19(38-2)22(18)39-3)25(33)30-29-24(32)13-4-6-15(7-5-13)28-26(34)23-21(27)17-9-8-16(31(35)36)12-20(17)40-23/h4-12H,1-3H3,(H,28,34)(H,29,32)(H,30,33). The third kappa shape index (κ3) is 5.75. The average Bonchev–Trinajstić information content (AvgIpc) is 3.30. The number of anilines is 1. The summed E-state index contributed by atoms with van der Waals surface area (Å²) in [5.74, 6) is -0.877. The van der Waals surface area contributed by atoms with Gasteiger partial charge < -0.3 is 19.5 Å². The van der Waals surface area contributed by atoms with Crippen LogP contribution in [0.3, 0.4) is 0 Å². The first-order valence-corrected chi connectivity index (χ1v) is 12.5. The molecule has 3 aromatic carbocycles. The maximum Gasteiger partial charge on any atom is 0.270 e. The minimum Gasteiger partial charge on any atom is -0.493 e. The SMILES string of the molecule is COc1cc(C(=O)NNC(=O)c2ccc(NC(=O)c3sc4cc([N+](=O)[O-])ccc4c3Cl)cc2)cc(OC)c1OC. The molecule has 0 unspecified atom stereocenters. The number of nitro benzene ring substituents is 1. The van der Waals surface area contributed by atoms with Crippen LogP contribution in [0.2, 0.25) is 5.02 Å². The fourth-order valence-electron chi connectivity index (χ4n) is 3.68. The Morgan fingerprint density at radius 1 is 0.825 bits per heavy atom. The van der Waals surface area contributed by atoms with Gasteiger partial charge in [-0.1, -0.05) is 11.6 Å². The van der Waals surface area contributed by atoms with Crippen molar-refractivity contribution in [2.75, 3.05) is 26.6 Å². The predicted octanol–water partition coefficient (Wildman–Crippen LogP) is 4.82. The summed E-state index contributed by atoms with van der Waals surface area (Å²) >= 11 is 7.37. The van der Waals surface area contributed by atoms with Crippen molar-refractivity contribution in [1.82, 2.24) is 10.9 Å². The highest BCUT2D eigenvalue weighted by Gasteiger charge is 2.20. The van der Waals surface area contributed by atoms with E-state index in [4.69, 9.17) is 25.8 Å². The second-order valence-corrected chi connectivity index (χ2v) is 9.47. The number of rotatable bonds is 8. The number of nitrogens with one attached hydrogen (secondary N) is 3. The zero-order chi connectivity index (χ0) is 29.0.